The zero-order valence-corrected chi connectivity index (χ0v) is 15.7. The molecule has 0 aliphatic rings. The van der Waals surface area contributed by atoms with Crippen LogP contribution in [0.2, 0.25) is 5.02 Å². The Bertz CT molecular complexity index is 1040. The number of rotatable bonds is 6. The van der Waals surface area contributed by atoms with Crippen molar-refractivity contribution in [3.05, 3.63) is 89.2 Å². The zero-order valence-electron chi connectivity index (χ0n) is 14.1. The van der Waals surface area contributed by atoms with Gasteiger partial charge in [-0.15, -0.1) is 0 Å². The van der Waals surface area contributed by atoms with E-state index in [9.17, 15) is 13.2 Å². The van der Waals surface area contributed by atoms with Crippen molar-refractivity contribution in [2.24, 2.45) is 0 Å². The Kier molecular flexibility index (Phi) is 5.85. The fraction of sp³-hybridized carbons (Fsp3) is 0.0526. The molecule has 8 heteroatoms. The van der Waals surface area contributed by atoms with Gasteiger partial charge in [0.15, 0.2) is 0 Å². The minimum Gasteiger partial charge on any atom is -0.321 e. The van der Waals surface area contributed by atoms with E-state index in [4.69, 9.17) is 11.6 Å². The highest BCUT2D eigenvalue weighted by Crippen LogP contribution is 2.20. The standard InChI is InChI=1S/C19H16ClN3O3S/c20-17-5-1-2-6-18(17)27(25,26)22-12-14-7-9-15(10-8-14)19(24)23-16-4-3-11-21-13-16/h1-11,13,22H,12H2,(H,23,24). The third-order valence-electron chi connectivity index (χ3n) is 3.73. The number of amides is 1. The van der Waals surface area contributed by atoms with Crippen LogP contribution in [0.4, 0.5) is 5.69 Å². The monoisotopic (exact) mass is 401 g/mol. The van der Waals surface area contributed by atoms with Crippen LogP contribution in [0.1, 0.15) is 15.9 Å². The van der Waals surface area contributed by atoms with Crippen LogP contribution in [0.3, 0.4) is 0 Å². The molecule has 138 valence electrons. The lowest BCUT2D eigenvalue weighted by molar-refractivity contribution is 0.102. The number of anilines is 1. The Labute approximate surface area is 162 Å². The van der Waals surface area contributed by atoms with E-state index in [0.29, 0.717) is 16.8 Å². The molecule has 2 N–H and O–H groups in total. The van der Waals surface area contributed by atoms with Crippen molar-refractivity contribution in [2.45, 2.75) is 11.4 Å². The number of halogens is 1. The second-order valence-electron chi connectivity index (χ2n) is 5.65. The molecule has 0 fully saturated rings. The summed E-state index contributed by atoms with van der Waals surface area (Å²) in [4.78, 5) is 16.2. The van der Waals surface area contributed by atoms with Gasteiger partial charge in [-0.3, -0.25) is 9.78 Å². The molecular weight excluding hydrogens is 386 g/mol. The van der Waals surface area contributed by atoms with Gasteiger partial charge >= 0.3 is 0 Å². The summed E-state index contributed by atoms with van der Waals surface area (Å²) < 4.78 is 27.2. The average molecular weight is 402 g/mol. The fourth-order valence-electron chi connectivity index (χ4n) is 2.33. The molecule has 0 bridgehead atoms. The number of hydrogen-bond donors (Lipinski definition) is 2. The van der Waals surface area contributed by atoms with E-state index in [1.165, 1.54) is 12.1 Å². The summed E-state index contributed by atoms with van der Waals surface area (Å²) in [6.07, 6.45) is 3.17. The molecule has 0 atom stereocenters. The minimum absolute atomic E-state index is 0.0270. The second-order valence-corrected chi connectivity index (χ2v) is 7.79. The molecule has 0 saturated carbocycles. The van der Waals surface area contributed by atoms with Crippen LogP contribution in [0.25, 0.3) is 0 Å². The summed E-state index contributed by atoms with van der Waals surface area (Å²) in [5.74, 6) is -0.272. The smallest absolute Gasteiger partial charge is 0.255 e. The van der Waals surface area contributed by atoms with Gasteiger partial charge in [-0.25, -0.2) is 13.1 Å². The molecule has 0 aliphatic heterocycles. The van der Waals surface area contributed by atoms with Gasteiger partial charge in [-0.05, 0) is 42.0 Å². The first-order valence-electron chi connectivity index (χ1n) is 8.00. The van der Waals surface area contributed by atoms with Crippen molar-refractivity contribution in [2.75, 3.05) is 5.32 Å². The number of nitrogens with zero attached hydrogens (tertiary/aromatic N) is 1. The Morgan fingerprint density at radius 3 is 2.41 bits per heavy atom. The van der Waals surface area contributed by atoms with Crippen LogP contribution in [0.5, 0.6) is 0 Å². The highest BCUT2D eigenvalue weighted by molar-refractivity contribution is 7.89. The van der Waals surface area contributed by atoms with E-state index < -0.39 is 10.0 Å². The third-order valence-corrected chi connectivity index (χ3v) is 5.63. The second kappa shape index (κ2) is 8.30. The van der Waals surface area contributed by atoms with Crippen molar-refractivity contribution in [3.8, 4) is 0 Å². The number of benzene rings is 2. The summed E-state index contributed by atoms with van der Waals surface area (Å²) in [6, 6.07) is 16.3. The topological polar surface area (TPSA) is 88.2 Å². The molecule has 0 unspecified atom stereocenters. The van der Waals surface area contributed by atoms with Gasteiger partial charge in [-0.1, -0.05) is 35.9 Å². The molecular formula is C19H16ClN3O3S. The van der Waals surface area contributed by atoms with Gasteiger partial charge in [0.2, 0.25) is 10.0 Å². The molecule has 1 heterocycles. The van der Waals surface area contributed by atoms with Crippen LogP contribution in [-0.2, 0) is 16.6 Å². The Morgan fingerprint density at radius 2 is 1.74 bits per heavy atom. The third kappa shape index (κ3) is 4.91. The Hall–Kier alpha value is -2.74. The maximum Gasteiger partial charge on any atom is 0.255 e. The SMILES string of the molecule is O=C(Nc1cccnc1)c1ccc(CNS(=O)(=O)c2ccccc2Cl)cc1. The van der Waals surface area contributed by atoms with Crippen molar-refractivity contribution in [1.29, 1.82) is 0 Å². The molecule has 3 rings (SSSR count). The summed E-state index contributed by atoms with van der Waals surface area (Å²) >= 11 is 5.94. The summed E-state index contributed by atoms with van der Waals surface area (Å²) in [6.45, 7) is 0.0814. The maximum atomic E-state index is 12.3. The number of pyridine rings is 1. The molecule has 27 heavy (non-hydrogen) atoms. The van der Waals surface area contributed by atoms with Gasteiger partial charge < -0.3 is 5.32 Å². The van der Waals surface area contributed by atoms with Crippen LogP contribution in [0, 0.1) is 0 Å². The van der Waals surface area contributed by atoms with Crippen molar-refractivity contribution in [1.82, 2.24) is 9.71 Å². The number of hydrogen-bond acceptors (Lipinski definition) is 4. The number of aromatic nitrogens is 1. The summed E-state index contributed by atoms with van der Waals surface area (Å²) in [5, 5.41) is 2.89. The first-order chi connectivity index (χ1) is 13.0. The van der Waals surface area contributed by atoms with Gasteiger partial charge in [0.25, 0.3) is 5.91 Å². The molecule has 1 aromatic heterocycles. The average Bonchev–Trinajstić information content (AvgIpc) is 2.68. The van der Waals surface area contributed by atoms with Gasteiger partial charge in [0.1, 0.15) is 4.90 Å². The zero-order chi connectivity index (χ0) is 19.3. The van der Waals surface area contributed by atoms with Crippen LogP contribution >= 0.6 is 11.6 Å². The predicted molar refractivity (Wildman–Crippen MR) is 104 cm³/mol. The molecule has 0 aliphatic carbocycles. The lowest BCUT2D eigenvalue weighted by atomic mass is 10.1. The van der Waals surface area contributed by atoms with E-state index in [0.717, 1.165) is 0 Å². The fourth-order valence-corrected chi connectivity index (χ4v) is 3.87. The van der Waals surface area contributed by atoms with Crippen LogP contribution in [-0.4, -0.2) is 19.3 Å². The molecule has 2 aromatic carbocycles. The van der Waals surface area contributed by atoms with Crippen molar-refractivity contribution < 1.29 is 13.2 Å². The molecule has 0 saturated heterocycles. The van der Waals surface area contributed by atoms with E-state index in [1.807, 2.05) is 0 Å². The van der Waals surface area contributed by atoms with Gasteiger partial charge in [-0.2, -0.15) is 0 Å². The quantitative estimate of drug-likeness (QED) is 0.662. The van der Waals surface area contributed by atoms with Crippen LogP contribution < -0.4 is 10.0 Å². The molecule has 3 aromatic rings. The predicted octanol–water partition coefficient (Wildman–Crippen LogP) is 3.47. The molecule has 0 spiro atoms. The molecule has 6 nitrogen and oxygen atoms in total. The van der Waals surface area contributed by atoms with E-state index in [-0.39, 0.29) is 22.4 Å². The lowest BCUT2D eigenvalue weighted by Gasteiger charge is -2.09. The van der Waals surface area contributed by atoms with Crippen molar-refractivity contribution >= 4 is 33.2 Å². The van der Waals surface area contributed by atoms with Gasteiger partial charge in [0, 0.05) is 18.3 Å². The summed E-state index contributed by atoms with van der Waals surface area (Å²) in [7, 11) is -3.72. The minimum atomic E-state index is -3.72. The first-order valence-corrected chi connectivity index (χ1v) is 9.86. The number of carbonyl (C=O) groups is 1. The Morgan fingerprint density at radius 1 is 1.00 bits per heavy atom. The highest BCUT2D eigenvalue weighted by atomic mass is 35.5. The van der Waals surface area contributed by atoms with Crippen molar-refractivity contribution in [3.63, 3.8) is 0 Å². The Balaban J connectivity index is 1.64. The van der Waals surface area contributed by atoms with E-state index >= 15 is 0 Å². The summed E-state index contributed by atoms with van der Waals surface area (Å²) in [5.41, 5.74) is 1.76. The highest BCUT2D eigenvalue weighted by Gasteiger charge is 2.17. The first kappa shape index (κ1) is 19.0. The van der Waals surface area contributed by atoms with Crippen LogP contribution in [0.15, 0.2) is 78.0 Å². The van der Waals surface area contributed by atoms with E-state index in [2.05, 4.69) is 15.0 Å². The number of nitrogens with one attached hydrogen (secondary N) is 2. The number of carbonyl (C=O) groups excluding carboxylic acids is 1. The largest absolute Gasteiger partial charge is 0.321 e. The normalized spacial score (nSPS) is 11.1. The lowest BCUT2D eigenvalue weighted by Crippen LogP contribution is -2.23. The number of sulfonamides is 1. The van der Waals surface area contributed by atoms with E-state index in [1.54, 1.807) is 60.9 Å². The molecule has 0 radical (unpaired) electrons. The van der Waals surface area contributed by atoms with Gasteiger partial charge in [0.05, 0.1) is 16.9 Å². The maximum absolute atomic E-state index is 12.3. The molecule has 1 amide bonds.